The van der Waals surface area contributed by atoms with E-state index in [0.29, 0.717) is 11.0 Å². The van der Waals surface area contributed by atoms with Crippen LogP contribution in [0.4, 0.5) is 0 Å². The molecule has 2 aromatic rings. The van der Waals surface area contributed by atoms with Gasteiger partial charge < -0.3 is 10.0 Å². The average Bonchev–Trinajstić information content (AvgIpc) is 2.63. The Labute approximate surface area is 185 Å². The van der Waals surface area contributed by atoms with Crippen molar-refractivity contribution in [1.29, 1.82) is 0 Å². The first-order valence-corrected chi connectivity index (χ1v) is 13.4. The van der Waals surface area contributed by atoms with Gasteiger partial charge >= 0.3 is 0 Å². The molecule has 0 aromatic heterocycles. The summed E-state index contributed by atoms with van der Waals surface area (Å²) < 4.78 is 51.5. The Kier molecular flexibility index (Phi) is 8.15. The number of aromatic hydroxyl groups is 1. The van der Waals surface area contributed by atoms with Gasteiger partial charge in [-0.3, -0.25) is 0 Å². The van der Waals surface area contributed by atoms with E-state index in [1.54, 1.807) is 0 Å². The van der Waals surface area contributed by atoms with Crippen molar-refractivity contribution in [2.24, 2.45) is 0 Å². The maximum atomic E-state index is 12.8. The number of nitrogens with zero attached hydrogens (tertiary/aromatic N) is 1. The van der Waals surface area contributed by atoms with Gasteiger partial charge in [0.25, 0.3) is 0 Å². The highest BCUT2D eigenvalue weighted by Crippen LogP contribution is 2.30. The first-order chi connectivity index (χ1) is 13.5. The van der Waals surface area contributed by atoms with Gasteiger partial charge in [0, 0.05) is 16.0 Å². The molecule has 10 heteroatoms. The number of rotatable bonds is 9. The van der Waals surface area contributed by atoms with Crippen molar-refractivity contribution in [2.75, 3.05) is 25.4 Å². The standard InChI is InChI=1S/C19H23BrClNO5S2/c1-3-22(4-2)7-8-28(24,25)17-10-14(9-16(21)12-17)13-29(26,27)19-11-15(20)5-6-18(19)23/h5-6,9-12,23H,3-4,7-8,13H2,1-2H3. The second kappa shape index (κ2) is 9.78. The summed E-state index contributed by atoms with van der Waals surface area (Å²) in [6, 6.07) is 8.17. The summed E-state index contributed by atoms with van der Waals surface area (Å²) in [4.78, 5) is 1.74. The van der Waals surface area contributed by atoms with Crippen LogP contribution in [0, 0.1) is 0 Å². The molecule has 0 radical (unpaired) electrons. The number of sulfone groups is 2. The second-order valence-electron chi connectivity index (χ2n) is 6.51. The highest BCUT2D eigenvalue weighted by molar-refractivity contribution is 9.10. The summed E-state index contributed by atoms with van der Waals surface area (Å²) >= 11 is 9.26. The molecule has 0 saturated heterocycles. The van der Waals surface area contributed by atoms with Crippen molar-refractivity contribution in [3.8, 4) is 5.75 Å². The molecule has 0 heterocycles. The van der Waals surface area contributed by atoms with E-state index in [1.165, 1.54) is 36.4 Å². The van der Waals surface area contributed by atoms with E-state index in [-0.39, 0.29) is 31.9 Å². The van der Waals surface area contributed by atoms with Crippen molar-refractivity contribution in [1.82, 2.24) is 4.90 Å². The molecule has 0 fully saturated rings. The predicted molar refractivity (Wildman–Crippen MR) is 118 cm³/mol. The van der Waals surface area contributed by atoms with Crippen LogP contribution in [0.5, 0.6) is 5.75 Å². The van der Waals surface area contributed by atoms with Crippen LogP contribution in [0.3, 0.4) is 0 Å². The number of hydrogen-bond acceptors (Lipinski definition) is 6. The summed E-state index contributed by atoms with van der Waals surface area (Å²) in [5, 5.41) is 10.1. The third-order valence-electron chi connectivity index (χ3n) is 4.47. The van der Waals surface area contributed by atoms with Gasteiger partial charge in [0.05, 0.1) is 16.4 Å². The van der Waals surface area contributed by atoms with Crippen molar-refractivity contribution in [3.05, 3.63) is 51.5 Å². The van der Waals surface area contributed by atoms with Gasteiger partial charge in [0.2, 0.25) is 0 Å². The number of phenols is 1. The number of hydrogen-bond donors (Lipinski definition) is 1. The summed E-state index contributed by atoms with van der Waals surface area (Å²) in [7, 11) is -7.55. The fourth-order valence-electron chi connectivity index (χ4n) is 2.82. The monoisotopic (exact) mass is 523 g/mol. The van der Waals surface area contributed by atoms with Crippen molar-refractivity contribution < 1.29 is 21.9 Å². The molecule has 0 amide bonds. The Morgan fingerprint density at radius 3 is 2.28 bits per heavy atom. The Bertz CT molecular complexity index is 1080. The minimum atomic E-state index is -3.92. The third kappa shape index (κ3) is 6.42. The number of phenolic OH excluding ortho intramolecular Hbond substituents is 1. The van der Waals surface area contributed by atoms with Crippen LogP contribution in [0.15, 0.2) is 50.7 Å². The molecule has 0 aliphatic carbocycles. The summed E-state index contributed by atoms with van der Waals surface area (Å²) in [6.07, 6.45) is 0. The fraction of sp³-hybridized carbons (Fsp3) is 0.368. The molecular formula is C19H23BrClNO5S2. The molecule has 0 saturated carbocycles. The molecule has 0 aliphatic heterocycles. The lowest BCUT2D eigenvalue weighted by Crippen LogP contribution is -2.29. The molecule has 2 rings (SSSR count). The van der Waals surface area contributed by atoms with E-state index in [1.807, 2.05) is 18.7 Å². The Hall–Kier alpha value is -1.13. The summed E-state index contributed by atoms with van der Waals surface area (Å²) in [5.74, 6) is -0.952. The van der Waals surface area contributed by atoms with E-state index >= 15 is 0 Å². The average molecular weight is 525 g/mol. The first kappa shape index (κ1) is 24.1. The van der Waals surface area contributed by atoms with Crippen LogP contribution >= 0.6 is 27.5 Å². The highest BCUT2D eigenvalue weighted by Gasteiger charge is 2.23. The molecule has 0 atom stereocenters. The van der Waals surface area contributed by atoms with Gasteiger partial charge in [-0.1, -0.05) is 41.4 Å². The van der Waals surface area contributed by atoms with Crippen molar-refractivity contribution in [3.63, 3.8) is 0 Å². The Morgan fingerprint density at radius 1 is 1.00 bits per heavy atom. The van der Waals surface area contributed by atoms with Gasteiger partial charge in [-0.25, -0.2) is 16.8 Å². The van der Waals surface area contributed by atoms with E-state index in [4.69, 9.17) is 11.6 Å². The van der Waals surface area contributed by atoms with Crippen LogP contribution < -0.4 is 0 Å². The molecule has 160 valence electrons. The molecule has 1 N–H and O–H groups in total. The Balaban J connectivity index is 2.34. The zero-order chi connectivity index (χ0) is 21.8. The molecule has 0 unspecified atom stereocenters. The normalized spacial score (nSPS) is 12.4. The molecule has 0 spiro atoms. The van der Waals surface area contributed by atoms with E-state index < -0.39 is 25.4 Å². The predicted octanol–water partition coefficient (Wildman–Crippen LogP) is 3.90. The fourth-order valence-corrected chi connectivity index (χ4v) is 6.49. The summed E-state index contributed by atoms with van der Waals surface area (Å²) in [5.41, 5.74) is 0.235. The van der Waals surface area contributed by atoms with Crippen molar-refractivity contribution >= 4 is 47.2 Å². The minimum Gasteiger partial charge on any atom is -0.507 e. The smallest absolute Gasteiger partial charge is 0.186 e. The zero-order valence-corrected chi connectivity index (χ0v) is 20.1. The van der Waals surface area contributed by atoms with Gasteiger partial charge in [-0.05, 0) is 55.1 Å². The molecular weight excluding hydrogens is 502 g/mol. The van der Waals surface area contributed by atoms with Gasteiger partial charge in [0.15, 0.2) is 19.7 Å². The highest BCUT2D eigenvalue weighted by atomic mass is 79.9. The maximum absolute atomic E-state index is 12.8. The lowest BCUT2D eigenvalue weighted by atomic mass is 10.2. The van der Waals surface area contributed by atoms with E-state index in [2.05, 4.69) is 15.9 Å². The largest absolute Gasteiger partial charge is 0.507 e. The van der Waals surface area contributed by atoms with Crippen molar-refractivity contribution in [2.45, 2.75) is 29.4 Å². The summed E-state index contributed by atoms with van der Waals surface area (Å²) in [6.45, 7) is 5.76. The minimum absolute atomic E-state index is 0.0131. The van der Waals surface area contributed by atoms with Gasteiger partial charge in [-0.2, -0.15) is 0 Å². The quantitative estimate of drug-likeness (QED) is 0.535. The molecule has 6 nitrogen and oxygen atoms in total. The van der Waals surface area contributed by atoms with Crippen LogP contribution in [0.1, 0.15) is 19.4 Å². The molecule has 0 bridgehead atoms. The lowest BCUT2D eigenvalue weighted by Gasteiger charge is -2.18. The Morgan fingerprint density at radius 2 is 1.66 bits per heavy atom. The van der Waals surface area contributed by atoms with Crippen LogP contribution in [-0.2, 0) is 25.4 Å². The van der Waals surface area contributed by atoms with Crippen LogP contribution in [0.25, 0.3) is 0 Å². The van der Waals surface area contributed by atoms with Crippen LogP contribution in [-0.4, -0.2) is 52.2 Å². The van der Waals surface area contributed by atoms with E-state index in [9.17, 15) is 21.9 Å². The van der Waals surface area contributed by atoms with Gasteiger partial charge in [-0.15, -0.1) is 0 Å². The first-order valence-electron chi connectivity index (χ1n) is 8.94. The van der Waals surface area contributed by atoms with Gasteiger partial charge in [0.1, 0.15) is 10.6 Å². The zero-order valence-electron chi connectivity index (χ0n) is 16.1. The molecule has 2 aromatic carbocycles. The maximum Gasteiger partial charge on any atom is 0.186 e. The lowest BCUT2D eigenvalue weighted by molar-refractivity contribution is 0.321. The SMILES string of the molecule is CCN(CC)CCS(=O)(=O)c1cc(Cl)cc(CS(=O)(=O)c2cc(Br)ccc2O)c1. The topological polar surface area (TPSA) is 91.8 Å². The molecule has 29 heavy (non-hydrogen) atoms. The third-order valence-corrected chi connectivity index (χ3v) is 8.57. The van der Waals surface area contributed by atoms with Crippen LogP contribution in [0.2, 0.25) is 5.02 Å². The molecule has 0 aliphatic rings. The number of benzene rings is 2. The van der Waals surface area contributed by atoms with E-state index in [0.717, 1.165) is 13.1 Å². The number of halogens is 2. The second-order valence-corrected chi connectivity index (χ2v) is 11.9.